The van der Waals surface area contributed by atoms with Crippen LogP contribution >= 0.6 is 11.3 Å². The number of amides is 3. The van der Waals surface area contributed by atoms with E-state index in [0.717, 1.165) is 0 Å². The van der Waals surface area contributed by atoms with Gasteiger partial charge in [-0.2, -0.15) is 0 Å². The molecule has 0 aliphatic carbocycles. The number of fused-ring (bicyclic) bond motifs is 1. The number of thiophene rings is 1. The minimum atomic E-state index is -3.97. The molecular formula is C17H14N4O4S2. The summed E-state index contributed by atoms with van der Waals surface area (Å²) in [5, 5.41) is 5.09. The zero-order valence-corrected chi connectivity index (χ0v) is 15.4. The predicted molar refractivity (Wildman–Crippen MR) is 101 cm³/mol. The average molecular weight is 402 g/mol. The van der Waals surface area contributed by atoms with Crippen molar-refractivity contribution in [1.29, 1.82) is 0 Å². The number of hydrogen-bond donors (Lipinski definition) is 3. The first-order chi connectivity index (χ1) is 12.9. The van der Waals surface area contributed by atoms with Crippen LogP contribution in [0.25, 0.3) is 5.57 Å². The SMILES string of the molecule is NC1=NC2NC(=O)NC(=O)C2=C(c2cccs2)C1S(=O)(=O)c1ccccc1. The highest BCUT2D eigenvalue weighted by molar-refractivity contribution is 7.93. The number of benzene rings is 1. The standard InChI is InChI=1S/C17H14N4O4S2/c18-14-13(27(24,25)9-5-2-1-3-6-9)11(10-7-4-8-26-10)12-15(19-14)20-17(23)21-16(12)22/h1-8,13,15H,(H2,18,19)(H2,20,21,22,23). The van der Waals surface area contributed by atoms with Crippen molar-refractivity contribution >= 4 is 44.5 Å². The number of hydrogen-bond acceptors (Lipinski definition) is 7. The van der Waals surface area contributed by atoms with Crippen LogP contribution in [-0.4, -0.2) is 37.6 Å². The molecule has 0 spiro atoms. The molecule has 3 amide bonds. The van der Waals surface area contributed by atoms with Gasteiger partial charge in [-0.15, -0.1) is 11.3 Å². The van der Waals surface area contributed by atoms with Crippen molar-refractivity contribution in [2.24, 2.45) is 10.7 Å². The highest BCUT2D eigenvalue weighted by Crippen LogP contribution is 2.38. The lowest BCUT2D eigenvalue weighted by Crippen LogP contribution is -2.57. The number of nitrogens with one attached hydrogen (secondary N) is 2. The fourth-order valence-corrected chi connectivity index (χ4v) is 5.80. The van der Waals surface area contributed by atoms with E-state index in [1.807, 2.05) is 0 Å². The predicted octanol–water partition coefficient (Wildman–Crippen LogP) is 0.880. The molecule has 1 saturated heterocycles. The van der Waals surface area contributed by atoms with Gasteiger partial charge in [-0.1, -0.05) is 24.3 Å². The molecule has 4 N–H and O–H groups in total. The number of dihydropyridines is 1. The normalized spacial score (nSPS) is 22.6. The Bertz CT molecular complexity index is 1090. The Labute approximate surface area is 158 Å². The third-order valence-electron chi connectivity index (χ3n) is 4.28. The van der Waals surface area contributed by atoms with Gasteiger partial charge in [0.1, 0.15) is 11.1 Å². The first kappa shape index (κ1) is 17.4. The van der Waals surface area contributed by atoms with E-state index in [9.17, 15) is 18.0 Å². The molecule has 2 aliphatic heterocycles. The Kier molecular flexibility index (Phi) is 4.08. The largest absolute Gasteiger partial charge is 0.386 e. The molecule has 1 aromatic heterocycles. The van der Waals surface area contributed by atoms with Crippen molar-refractivity contribution < 1.29 is 18.0 Å². The van der Waals surface area contributed by atoms with Crippen LogP contribution in [0.1, 0.15) is 4.88 Å². The zero-order valence-electron chi connectivity index (χ0n) is 13.7. The quantitative estimate of drug-likeness (QED) is 0.701. The van der Waals surface area contributed by atoms with E-state index in [1.54, 1.807) is 35.7 Å². The lowest BCUT2D eigenvalue weighted by atomic mass is 9.95. The number of nitrogens with two attached hydrogens (primary N) is 1. The summed E-state index contributed by atoms with van der Waals surface area (Å²) in [5.74, 6) is -0.859. The lowest BCUT2D eigenvalue weighted by Gasteiger charge is -2.33. The second-order valence-electron chi connectivity index (χ2n) is 5.93. The summed E-state index contributed by atoms with van der Waals surface area (Å²) >= 11 is 1.28. The minimum absolute atomic E-state index is 0.0708. The highest BCUT2D eigenvalue weighted by atomic mass is 32.2. The van der Waals surface area contributed by atoms with Crippen LogP contribution in [0.2, 0.25) is 0 Å². The summed E-state index contributed by atoms with van der Waals surface area (Å²) < 4.78 is 26.7. The summed E-state index contributed by atoms with van der Waals surface area (Å²) in [5.41, 5.74) is 6.37. The van der Waals surface area contributed by atoms with E-state index in [0.29, 0.717) is 4.88 Å². The monoisotopic (exact) mass is 402 g/mol. The van der Waals surface area contributed by atoms with Crippen LogP contribution in [0.3, 0.4) is 0 Å². The summed E-state index contributed by atoms with van der Waals surface area (Å²) in [7, 11) is -3.97. The van der Waals surface area contributed by atoms with Crippen molar-refractivity contribution in [2.45, 2.75) is 16.3 Å². The van der Waals surface area contributed by atoms with Crippen LogP contribution in [0, 0.1) is 0 Å². The van der Waals surface area contributed by atoms with Gasteiger partial charge in [-0.25, -0.2) is 18.2 Å². The van der Waals surface area contributed by atoms with E-state index >= 15 is 0 Å². The van der Waals surface area contributed by atoms with Crippen LogP contribution < -0.4 is 16.4 Å². The fourth-order valence-electron chi connectivity index (χ4n) is 3.15. The summed E-state index contributed by atoms with van der Waals surface area (Å²) in [6.45, 7) is 0. The number of sulfone groups is 1. The van der Waals surface area contributed by atoms with E-state index in [-0.39, 0.29) is 21.9 Å². The molecule has 1 fully saturated rings. The second kappa shape index (κ2) is 6.32. The maximum atomic E-state index is 13.3. The summed E-state index contributed by atoms with van der Waals surface area (Å²) in [6.07, 6.45) is -1.02. The smallest absolute Gasteiger partial charge is 0.323 e. The molecule has 0 bridgehead atoms. The van der Waals surface area contributed by atoms with Crippen molar-refractivity contribution in [2.75, 3.05) is 0 Å². The number of urea groups is 1. The maximum absolute atomic E-state index is 13.3. The Morgan fingerprint density at radius 2 is 1.78 bits per heavy atom. The zero-order chi connectivity index (χ0) is 19.2. The number of carbonyl (C=O) groups is 2. The molecule has 2 aromatic rings. The van der Waals surface area contributed by atoms with Crippen LogP contribution in [0.15, 0.2) is 63.3 Å². The molecule has 1 aromatic carbocycles. The first-order valence-electron chi connectivity index (χ1n) is 7.91. The Morgan fingerprint density at radius 1 is 1.04 bits per heavy atom. The van der Waals surface area contributed by atoms with Crippen LogP contribution in [0.4, 0.5) is 4.79 Å². The number of nitrogens with zero attached hydrogens (tertiary/aromatic N) is 1. The van der Waals surface area contributed by atoms with E-state index < -0.39 is 33.2 Å². The number of imide groups is 1. The third kappa shape index (κ3) is 2.82. The Balaban J connectivity index is 1.97. The van der Waals surface area contributed by atoms with Gasteiger partial charge < -0.3 is 11.1 Å². The number of aliphatic imine (C=N–C) groups is 1. The second-order valence-corrected chi connectivity index (χ2v) is 8.91. The molecule has 10 heteroatoms. The Morgan fingerprint density at radius 3 is 2.44 bits per heavy atom. The molecular weight excluding hydrogens is 388 g/mol. The molecule has 8 nitrogen and oxygen atoms in total. The molecule has 2 aliphatic rings. The van der Waals surface area contributed by atoms with Crippen LogP contribution in [0.5, 0.6) is 0 Å². The van der Waals surface area contributed by atoms with E-state index in [2.05, 4.69) is 15.6 Å². The number of carbonyl (C=O) groups excluding carboxylic acids is 2. The molecule has 27 heavy (non-hydrogen) atoms. The molecule has 2 atom stereocenters. The molecule has 0 radical (unpaired) electrons. The topological polar surface area (TPSA) is 131 Å². The van der Waals surface area contributed by atoms with Crippen molar-refractivity contribution in [3.63, 3.8) is 0 Å². The lowest BCUT2D eigenvalue weighted by molar-refractivity contribution is -0.117. The molecule has 138 valence electrons. The van der Waals surface area contributed by atoms with Crippen LogP contribution in [-0.2, 0) is 14.6 Å². The van der Waals surface area contributed by atoms with Gasteiger partial charge >= 0.3 is 6.03 Å². The minimum Gasteiger partial charge on any atom is -0.386 e. The van der Waals surface area contributed by atoms with Gasteiger partial charge in [-0.3, -0.25) is 10.1 Å². The van der Waals surface area contributed by atoms with Gasteiger partial charge in [0, 0.05) is 10.5 Å². The summed E-state index contributed by atoms with van der Waals surface area (Å²) in [6, 6.07) is 10.6. The number of rotatable bonds is 3. The van der Waals surface area contributed by atoms with E-state index in [1.165, 1.54) is 23.5 Å². The maximum Gasteiger partial charge on any atom is 0.323 e. The average Bonchev–Trinajstić information content (AvgIpc) is 3.15. The van der Waals surface area contributed by atoms with Gasteiger partial charge in [0.05, 0.1) is 10.5 Å². The van der Waals surface area contributed by atoms with Crippen molar-refractivity contribution in [3.8, 4) is 0 Å². The van der Waals surface area contributed by atoms with Crippen molar-refractivity contribution in [3.05, 3.63) is 58.3 Å². The van der Waals surface area contributed by atoms with Gasteiger partial charge in [0.25, 0.3) is 5.91 Å². The third-order valence-corrected chi connectivity index (χ3v) is 7.21. The van der Waals surface area contributed by atoms with E-state index in [4.69, 9.17) is 5.73 Å². The first-order valence-corrected chi connectivity index (χ1v) is 10.3. The molecule has 2 unspecified atom stereocenters. The fraction of sp³-hybridized carbons (Fsp3) is 0.118. The molecule has 3 heterocycles. The van der Waals surface area contributed by atoms with Crippen molar-refractivity contribution in [1.82, 2.24) is 10.6 Å². The molecule has 4 rings (SSSR count). The Hall–Kier alpha value is -2.98. The number of amidine groups is 1. The van der Waals surface area contributed by atoms with Gasteiger partial charge in [0.2, 0.25) is 0 Å². The highest BCUT2D eigenvalue weighted by Gasteiger charge is 2.45. The molecule has 0 saturated carbocycles. The van der Waals surface area contributed by atoms with Gasteiger partial charge in [-0.05, 0) is 23.6 Å². The summed E-state index contributed by atoms with van der Waals surface area (Å²) in [4.78, 5) is 28.9. The van der Waals surface area contributed by atoms with Gasteiger partial charge in [0.15, 0.2) is 16.0 Å².